The van der Waals surface area contributed by atoms with E-state index in [1.54, 1.807) is 7.11 Å². The average molecular weight is 273 g/mol. The van der Waals surface area contributed by atoms with Crippen LogP contribution in [0.25, 0.3) is 0 Å². The van der Waals surface area contributed by atoms with Crippen molar-refractivity contribution in [3.63, 3.8) is 0 Å². The highest BCUT2D eigenvalue weighted by atomic mass is 16.5. The topological polar surface area (TPSA) is 39.1 Å². The van der Waals surface area contributed by atoms with Crippen molar-refractivity contribution in [1.29, 1.82) is 0 Å². The van der Waals surface area contributed by atoms with Crippen molar-refractivity contribution in [2.45, 2.75) is 33.4 Å². The minimum atomic E-state index is 0.189. The zero-order valence-electron chi connectivity index (χ0n) is 12.7. The van der Waals surface area contributed by atoms with Crippen LogP contribution in [0.5, 0.6) is 5.75 Å². The second-order valence-corrected chi connectivity index (χ2v) is 4.96. The molecule has 0 radical (unpaired) electrons. The Labute approximate surface area is 120 Å². The van der Waals surface area contributed by atoms with Gasteiger partial charge in [0.1, 0.15) is 5.75 Å². The molecule has 0 spiro atoms. The fourth-order valence-corrected chi connectivity index (χ4v) is 2.51. The number of nitrogens with zero attached hydrogens (tertiary/aromatic N) is 2. The summed E-state index contributed by atoms with van der Waals surface area (Å²) < 4.78 is 7.53. The Morgan fingerprint density at radius 1 is 1.30 bits per heavy atom. The molecule has 0 amide bonds. The molecule has 4 nitrogen and oxygen atoms in total. The van der Waals surface area contributed by atoms with Crippen molar-refractivity contribution in [2.75, 3.05) is 13.7 Å². The van der Waals surface area contributed by atoms with E-state index in [4.69, 9.17) is 4.74 Å². The predicted octanol–water partition coefficient (Wildman–Crippen LogP) is 2.86. The summed E-state index contributed by atoms with van der Waals surface area (Å²) in [4.78, 5) is 0. The molecular weight excluding hydrogens is 250 g/mol. The summed E-state index contributed by atoms with van der Waals surface area (Å²) in [6, 6.07) is 10.4. The monoisotopic (exact) mass is 273 g/mol. The van der Waals surface area contributed by atoms with Crippen LogP contribution in [-0.2, 0) is 6.54 Å². The normalized spacial score (nSPS) is 12.4. The Kier molecular flexibility index (Phi) is 4.79. The van der Waals surface area contributed by atoms with Gasteiger partial charge in [-0.15, -0.1) is 0 Å². The first-order valence-corrected chi connectivity index (χ1v) is 7.03. The van der Waals surface area contributed by atoms with E-state index in [1.807, 2.05) is 25.1 Å². The summed E-state index contributed by atoms with van der Waals surface area (Å²) >= 11 is 0. The first-order chi connectivity index (χ1) is 9.65. The van der Waals surface area contributed by atoms with Crippen LogP contribution in [0, 0.1) is 13.8 Å². The maximum absolute atomic E-state index is 5.48. The molecule has 0 fully saturated rings. The summed E-state index contributed by atoms with van der Waals surface area (Å²) in [5, 5.41) is 8.07. The van der Waals surface area contributed by atoms with Gasteiger partial charge in [-0.1, -0.05) is 25.1 Å². The van der Waals surface area contributed by atoms with Crippen molar-refractivity contribution in [1.82, 2.24) is 15.1 Å². The summed E-state index contributed by atoms with van der Waals surface area (Å²) in [7, 11) is 1.71. The van der Waals surface area contributed by atoms with Gasteiger partial charge in [0.25, 0.3) is 0 Å². The van der Waals surface area contributed by atoms with Crippen LogP contribution in [0.2, 0.25) is 0 Å². The molecule has 1 N–H and O–H groups in total. The standard InChI is InChI=1S/C16H23N3O/c1-5-17-15(11-19-13(3)10-12(2)18-19)14-8-6-7-9-16(14)20-4/h6-10,15,17H,5,11H2,1-4H3. The second-order valence-electron chi connectivity index (χ2n) is 4.96. The summed E-state index contributed by atoms with van der Waals surface area (Å²) in [6.45, 7) is 7.93. The molecule has 1 aromatic heterocycles. The molecule has 108 valence electrons. The first kappa shape index (κ1) is 14.6. The number of benzene rings is 1. The highest BCUT2D eigenvalue weighted by Gasteiger charge is 2.16. The molecule has 0 saturated heterocycles. The Bertz CT molecular complexity index is 563. The molecule has 1 heterocycles. The van der Waals surface area contributed by atoms with Gasteiger partial charge in [-0.05, 0) is 32.5 Å². The molecule has 0 saturated carbocycles. The van der Waals surface area contributed by atoms with Crippen LogP contribution in [0.15, 0.2) is 30.3 Å². The number of nitrogens with one attached hydrogen (secondary N) is 1. The molecule has 0 aliphatic heterocycles. The molecule has 2 rings (SSSR count). The van der Waals surface area contributed by atoms with Gasteiger partial charge < -0.3 is 10.1 Å². The van der Waals surface area contributed by atoms with Gasteiger partial charge in [0.05, 0.1) is 25.4 Å². The molecule has 1 aromatic carbocycles. The largest absolute Gasteiger partial charge is 0.496 e. The smallest absolute Gasteiger partial charge is 0.123 e. The van der Waals surface area contributed by atoms with Gasteiger partial charge in [-0.25, -0.2) is 0 Å². The number of para-hydroxylation sites is 1. The number of aromatic nitrogens is 2. The van der Waals surface area contributed by atoms with Gasteiger partial charge in [0, 0.05) is 11.3 Å². The number of rotatable bonds is 6. The van der Waals surface area contributed by atoms with Gasteiger partial charge in [-0.3, -0.25) is 4.68 Å². The minimum Gasteiger partial charge on any atom is -0.496 e. The summed E-state index contributed by atoms with van der Waals surface area (Å²) in [6.07, 6.45) is 0. The Hall–Kier alpha value is -1.81. The third-order valence-corrected chi connectivity index (χ3v) is 3.42. The van der Waals surface area contributed by atoms with Crippen molar-refractivity contribution in [3.8, 4) is 5.75 Å². The number of hydrogen-bond donors (Lipinski definition) is 1. The lowest BCUT2D eigenvalue weighted by Gasteiger charge is -2.21. The molecule has 0 bridgehead atoms. The van der Waals surface area contributed by atoms with Crippen LogP contribution in [0.4, 0.5) is 0 Å². The van der Waals surface area contributed by atoms with E-state index >= 15 is 0 Å². The third kappa shape index (κ3) is 3.20. The van der Waals surface area contributed by atoms with E-state index in [0.717, 1.165) is 24.5 Å². The number of methoxy groups -OCH3 is 1. The fraction of sp³-hybridized carbons (Fsp3) is 0.438. The molecule has 2 aromatic rings. The lowest BCUT2D eigenvalue weighted by molar-refractivity contribution is 0.384. The molecule has 0 aliphatic carbocycles. The van der Waals surface area contributed by atoms with E-state index in [0.29, 0.717) is 0 Å². The van der Waals surface area contributed by atoms with Crippen LogP contribution < -0.4 is 10.1 Å². The van der Waals surface area contributed by atoms with Crippen molar-refractivity contribution < 1.29 is 4.74 Å². The van der Waals surface area contributed by atoms with E-state index in [2.05, 4.69) is 41.1 Å². The molecule has 20 heavy (non-hydrogen) atoms. The van der Waals surface area contributed by atoms with Crippen molar-refractivity contribution in [2.24, 2.45) is 0 Å². The maximum atomic E-state index is 5.48. The second kappa shape index (κ2) is 6.57. The number of hydrogen-bond acceptors (Lipinski definition) is 3. The maximum Gasteiger partial charge on any atom is 0.123 e. The van der Waals surface area contributed by atoms with Crippen LogP contribution in [0.1, 0.15) is 29.9 Å². The first-order valence-electron chi connectivity index (χ1n) is 7.03. The van der Waals surface area contributed by atoms with Gasteiger partial charge in [-0.2, -0.15) is 5.10 Å². The molecular formula is C16H23N3O. The van der Waals surface area contributed by atoms with Crippen molar-refractivity contribution in [3.05, 3.63) is 47.3 Å². The fourth-order valence-electron chi connectivity index (χ4n) is 2.51. The van der Waals surface area contributed by atoms with E-state index in [-0.39, 0.29) is 6.04 Å². The third-order valence-electron chi connectivity index (χ3n) is 3.42. The average Bonchev–Trinajstić information content (AvgIpc) is 2.76. The van der Waals surface area contributed by atoms with Crippen molar-refractivity contribution >= 4 is 0 Å². The SMILES string of the molecule is CCNC(Cn1nc(C)cc1C)c1ccccc1OC. The highest BCUT2D eigenvalue weighted by Crippen LogP contribution is 2.26. The summed E-state index contributed by atoms with van der Waals surface area (Å²) in [5.41, 5.74) is 3.41. The lowest BCUT2D eigenvalue weighted by Crippen LogP contribution is -2.26. The minimum absolute atomic E-state index is 0.189. The Balaban J connectivity index is 2.29. The van der Waals surface area contributed by atoms with Crippen LogP contribution in [0.3, 0.4) is 0 Å². The van der Waals surface area contributed by atoms with E-state index < -0.39 is 0 Å². The van der Waals surface area contributed by atoms with E-state index in [9.17, 15) is 0 Å². The Morgan fingerprint density at radius 2 is 2.05 bits per heavy atom. The van der Waals surface area contributed by atoms with Crippen LogP contribution >= 0.6 is 0 Å². The lowest BCUT2D eigenvalue weighted by atomic mass is 10.1. The molecule has 1 atom stereocenters. The predicted molar refractivity (Wildman–Crippen MR) is 81.1 cm³/mol. The zero-order valence-corrected chi connectivity index (χ0v) is 12.7. The molecule has 1 unspecified atom stereocenters. The molecule has 0 aliphatic rings. The van der Waals surface area contributed by atoms with Gasteiger partial charge in [0.2, 0.25) is 0 Å². The van der Waals surface area contributed by atoms with Crippen LogP contribution in [-0.4, -0.2) is 23.4 Å². The molecule has 4 heteroatoms. The Morgan fingerprint density at radius 3 is 2.65 bits per heavy atom. The highest BCUT2D eigenvalue weighted by molar-refractivity contribution is 5.35. The zero-order chi connectivity index (χ0) is 14.5. The van der Waals surface area contributed by atoms with Gasteiger partial charge >= 0.3 is 0 Å². The number of aryl methyl sites for hydroxylation is 2. The summed E-state index contributed by atoms with van der Waals surface area (Å²) in [5.74, 6) is 0.917. The number of ether oxygens (including phenoxy) is 1. The van der Waals surface area contributed by atoms with E-state index in [1.165, 1.54) is 11.3 Å². The quantitative estimate of drug-likeness (QED) is 0.879. The number of likely N-dealkylation sites (N-methyl/N-ethyl adjacent to an activating group) is 1. The van der Waals surface area contributed by atoms with Gasteiger partial charge in [0.15, 0.2) is 0 Å².